The van der Waals surface area contributed by atoms with Crippen LogP contribution in [0, 0.1) is 0 Å². The predicted octanol–water partition coefficient (Wildman–Crippen LogP) is 3.42. The van der Waals surface area contributed by atoms with E-state index >= 15 is 0 Å². The minimum atomic E-state index is 0.790. The van der Waals surface area contributed by atoms with Crippen LogP contribution in [-0.4, -0.2) is 42.6 Å². The molecule has 0 unspecified atom stereocenters. The van der Waals surface area contributed by atoms with E-state index in [9.17, 15) is 0 Å². The van der Waals surface area contributed by atoms with Gasteiger partial charge < -0.3 is 15.2 Å². The first-order valence-electron chi connectivity index (χ1n) is 7.13. The molecule has 0 spiro atoms. The number of H-pyrrole nitrogens is 1. The maximum absolute atomic E-state index is 6.35. The Labute approximate surface area is 132 Å². The highest BCUT2D eigenvalue weighted by Gasteiger charge is 2.12. The molecular weight excluding hydrogens is 338 g/mol. The van der Waals surface area contributed by atoms with Gasteiger partial charge >= 0.3 is 0 Å². The highest BCUT2D eigenvalue weighted by molar-refractivity contribution is 9.10. The monoisotopic (exact) mass is 355 g/mol. The van der Waals surface area contributed by atoms with Gasteiger partial charge in [0.05, 0.1) is 0 Å². The summed E-state index contributed by atoms with van der Waals surface area (Å²) in [5, 5.41) is 5.42. The van der Waals surface area contributed by atoms with Crippen molar-refractivity contribution in [3.8, 4) is 0 Å². The van der Waals surface area contributed by atoms with Gasteiger partial charge in [0.25, 0.3) is 0 Å². The van der Waals surface area contributed by atoms with Crippen molar-refractivity contribution < 1.29 is 0 Å². The fourth-order valence-corrected chi connectivity index (χ4v) is 3.51. The molecule has 1 aliphatic rings. The largest absolute Gasteiger partial charge is 0.345 e. The van der Waals surface area contributed by atoms with Gasteiger partial charge in [-0.05, 0) is 37.1 Å². The van der Waals surface area contributed by atoms with E-state index in [2.05, 4.69) is 49.3 Å². The van der Waals surface area contributed by atoms with Crippen LogP contribution in [0.1, 0.15) is 12.0 Å². The molecule has 3 rings (SSSR count). The van der Waals surface area contributed by atoms with Crippen molar-refractivity contribution in [2.45, 2.75) is 12.8 Å². The van der Waals surface area contributed by atoms with Crippen LogP contribution in [0.2, 0.25) is 5.15 Å². The molecule has 5 heteroatoms. The van der Waals surface area contributed by atoms with E-state index in [1.165, 1.54) is 10.9 Å². The number of rotatable bonds is 4. The maximum Gasteiger partial charge on any atom is 0.110 e. The molecule has 0 saturated carbocycles. The first-order valence-corrected chi connectivity index (χ1v) is 8.30. The van der Waals surface area contributed by atoms with Crippen LogP contribution in [0.3, 0.4) is 0 Å². The van der Waals surface area contributed by atoms with Crippen LogP contribution < -0.4 is 5.32 Å². The standard InChI is InChI=1S/C15H19BrClN3/c16-11-3-4-12-13(15(17)19-14(12)10-11)2-1-7-20-8-5-18-6-9-20/h3-4,10,18-19H,1-2,5-9H2. The molecule has 20 heavy (non-hydrogen) atoms. The van der Waals surface area contributed by atoms with E-state index in [-0.39, 0.29) is 0 Å². The summed E-state index contributed by atoms with van der Waals surface area (Å²) in [6, 6.07) is 6.30. The Morgan fingerprint density at radius 2 is 2.05 bits per heavy atom. The highest BCUT2D eigenvalue weighted by Crippen LogP contribution is 2.29. The molecule has 2 aromatic rings. The third-order valence-electron chi connectivity index (χ3n) is 3.93. The van der Waals surface area contributed by atoms with Crippen molar-refractivity contribution in [2.24, 2.45) is 0 Å². The number of nitrogens with zero attached hydrogens (tertiary/aromatic N) is 1. The Morgan fingerprint density at radius 1 is 1.25 bits per heavy atom. The van der Waals surface area contributed by atoms with Gasteiger partial charge in [0.15, 0.2) is 0 Å². The molecule has 108 valence electrons. The molecule has 1 aliphatic heterocycles. The van der Waals surface area contributed by atoms with Crippen molar-refractivity contribution in [2.75, 3.05) is 32.7 Å². The molecule has 1 fully saturated rings. The first kappa shape index (κ1) is 14.4. The molecule has 0 bridgehead atoms. The van der Waals surface area contributed by atoms with E-state index in [0.717, 1.165) is 60.7 Å². The summed E-state index contributed by atoms with van der Waals surface area (Å²) in [5.41, 5.74) is 2.37. The number of hydrogen-bond acceptors (Lipinski definition) is 2. The van der Waals surface area contributed by atoms with Crippen molar-refractivity contribution in [3.05, 3.63) is 33.4 Å². The predicted molar refractivity (Wildman–Crippen MR) is 88.6 cm³/mol. The molecule has 0 amide bonds. The summed E-state index contributed by atoms with van der Waals surface area (Å²) in [5.74, 6) is 0. The zero-order valence-corrected chi connectivity index (χ0v) is 13.7. The van der Waals surface area contributed by atoms with Crippen molar-refractivity contribution in [1.29, 1.82) is 0 Å². The normalized spacial score (nSPS) is 16.9. The number of halogens is 2. The fraction of sp³-hybridized carbons (Fsp3) is 0.467. The third-order valence-corrected chi connectivity index (χ3v) is 4.74. The zero-order chi connectivity index (χ0) is 13.9. The van der Waals surface area contributed by atoms with E-state index in [0.29, 0.717) is 0 Å². The van der Waals surface area contributed by atoms with Gasteiger partial charge in [-0.1, -0.05) is 33.6 Å². The van der Waals surface area contributed by atoms with Crippen LogP contribution in [0.15, 0.2) is 22.7 Å². The second-order valence-corrected chi connectivity index (χ2v) is 6.60. The fourth-order valence-electron chi connectivity index (χ4n) is 2.85. The van der Waals surface area contributed by atoms with Crippen molar-refractivity contribution in [1.82, 2.24) is 15.2 Å². The minimum Gasteiger partial charge on any atom is -0.345 e. The number of aromatic nitrogens is 1. The Balaban J connectivity index is 1.66. The molecule has 1 saturated heterocycles. The van der Waals surface area contributed by atoms with E-state index in [1.807, 2.05) is 0 Å². The first-order chi connectivity index (χ1) is 9.74. The lowest BCUT2D eigenvalue weighted by atomic mass is 10.1. The average Bonchev–Trinajstić information content (AvgIpc) is 2.75. The Morgan fingerprint density at radius 3 is 2.85 bits per heavy atom. The third kappa shape index (κ3) is 3.19. The number of hydrogen-bond donors (Lipinski definition) is 2. The minimum absolute atomic E-state index is 0.790. The van der Waals surface area contributed by atoms with Gasteiger partial charge in [0, 0.05) is 41.6 Å². The van der Waals surface area contributed by atoms with Crippen LogP contribution >= 0.6 is 27.5 Å². The number of benzene rings is 1. The Hall–Kier alpha value is -0.550. The van der Waals surface area contributed by atoms with E-state index < -0.39 is 0 Å². The molecule has 2 N–H and O–H groups in total. The molecule has 3 nitrogen and oxygen atoms in total. The summed E-state index contributed by atoms with van der Waals surface area (Å²) >= 11 is 9.84. The van der Waals surface area contributed by atoms with Crippen LogP contribution in [0.25, 0.3) is 10.9 Å². The molecule has 0 aliphatic carbocycles. The van der Waals surface area contributed by atoms with Gasteiger partial charge in [0.1, 0.15) is 5.15 Å². The van der Waals surface area contributed by atoms with Gasteiger partial charge in [-0.3, -0.25) is 0 Å². The summed E-state index contributed by atoms with van der Waals surface area (Å²) in [7, 11) is 0. The quantitative estimate of drug-likeness (QED) is 0.879. The summed E-state index contributed by atoms with van der Waals surface area (Å²) in [6.45, 7) is 5.70. The number of fused-ring (bicyclic) bond motifs is 1. The molecule has 2 heterocycles. The number of aromatic amines is 1. The lowest BCUT2D eigenvalue weighted by Gasteiger charge is -2.27. The molecular formula is C15H19BrClN3. The van der Waals surface area contributed by atoms with Gasteiger partial charge in [0.2, 0.25) is 0 Å². The number of nitrogens with one attached hydrogen (secondary N) is 2. The lowest BCUT2D eigenvalue weighted by molar-refractivity contribution is 0.238. The zero-order valence-electron chi connectivity index (χ0n) is 11.4. The van der Waals surface area contributed by atoms with Gasteiger partial charge in [-0.25, -0.2) is 0 Å². The van der Waals surface area contributed by atoms with E-state index in [1.54, 1.807) is 0 Å². The molecule has 0 atom stereocenters. The average molecular weight is 357 g/mol. The summed E-state index contributed by atoms with van der Waals surface area (Å²) in [4.78, 5) is 5.79. The van der Waals surface area contributed by atoms with Crippen LogP contribution in [0.4, 0.5) is 0 Å². The van der Waals surface area contributed by atoms with Crippen LogP contribution in [-0.2, 0) is 6.42 Å². The van der Waals surface area contributed by atoms with Crippen LogP contribution in [0.5, 0.6) is 0 Å². The molecule has 1 aromatic heterocycles. The highest BCUT2D eigenvalue weighted by atomic mass is 79.9. The smallest absolute Gasteiger partial charge is 0.110 e. The molecule has 0 radical (unpaired) electrons. The van der Waals surface area contributed by atoms with Gasteiger partial charge in [-0.15, -0.1) is 0 Å². The van der Waals surface area contributed by atoms with Crippen molar-refractivity contribution >= 4 is 38.4 Å². The topological polar surface area (TPSA) is 31.1 Å². The van der Waals surface area contributed by atoms with Crippen molar-refractivity contribution in [3.63, 3.8) is 0 Å². The second kappa shape index (κ2) is 6.48. The Kier molecular flexibility index (Phi) is 4.66. The number of piperazine rings is 1. The summed E-state index contributed by atoms with van der Waals surface area (Å²) < 4.78 is 1.08. The molecule has 1 aromatic carbocycles. The van der Waals surface area contributed by atoms with Gasteiger partial charge in [-0.2, -0.15) is 0 Å². The Bertz CT molecular complexity index is 590. The number of aryl methyl sites for hydroxylation is 1. The lowest BCUT2D eigenvalue weighted by Crippen LogP contribution is -2.43. The summed E-state index contributed by atoms with van der Waals surface area (Å²) in [6.07, 6.45) is 2.19. The maximum atomic E-state index is 6.35. The van der Waals surface area contributed by atoms with E-state index in [4.69, 9.17) is 11.6 Å². The SMILES string of the molecule is Clc1[nH]c2cc(Br)ccc2c1CCCN1CCNCC1. The second-order valence-electron chi connectivity index (χ2n) is 5.30.